The number of thiophene rings is 1. The van der Waals surface area contributed by atoms with Crippen LogP contribution < -0.4 is 0 Å². The van der Waals surface area contributed by atoms with Crippen molar-refractivity contribution in [1.82, 2.24) is 0 Å². The van der Waals surface area contributed by atoms with E-state index < -0.39 is 0 Å². The lowest BCUT2D eigenvalue weighted by Gasteiger charge is -2.10. The van der Waals surface area contributed by atoms with Gasteiger partial charge in [0.15, 0.2) is 0 Å². The van der Waals surface area contributed by atoms with Gasteiger partial charge in [0.05, 0.1) is 0 Å². The van der Waals surface area contributed by atoms with Crippen LogP contribution in [0.15, 0.2) is 72.8 Å². The third-order valence-corrected chi connectivity index (χ3v) is 5.60. The Hall–Kier alpha value is -2.38. The van der Waals surface area contributed by atoms with Gasteiger partial charge in [-0.2, -0.15) is 0 Å². The van der Waals surface area contributed by atoms with Crippen LogP contribution in [0.1, 0.15) is 11.1 Å². The average Bonchev–Trinajstić information content (AvgIpc) is 2.95. The average molecular weight is 314 g/mol. The van der Waals surface area contributed by atoms with E-state index in [1.807, 2.05) is 11.3 Å². The second-order valence-corrected chi connectivity index (χ2v) is 6.98. The summed E-state index contributed by atoms with van der Waals surface area (Å²) in [4.78, 5) is 1.37. The first-order valence-corrected chi connectivity index (χ1v) is 8.71. The summed E-state index contributed by atoms with van der Waals surface area (Å²) in [5.74, 6) is 0. The summed E-state index contributed by atoms with van der Waals surface area (Å²) in [6, 6.07) is 26.1. The molecule has 3 aromatic carbocycles. The van der Waals surface area contributed by atoms with Crippen LogP contribution in [0.4, 0.5) is 0 Å². The van der Waals surface area contributed by atoms with Crippen molar-refractivity contribution in [1.29, 1.82) is 0 Å². The Bertz CT molecular complexity index is 992. The van der Waals surface area contributed by atoms with E-state index in [-0.39, 0.29) is 0 Å². The molecule has 23 heavy (non-hydrogen) atoms. The molecule has 0 N–H and O–H groups in total. The molecule has 0 bridgehead atoms. The summed E-state index contributed by atoms with van der Waals surface area (Å²) in [6.45, 7) is 4.39. The molecule has 0 unspecified atom stereocenters. The van der Waals surface area contributed by atoms with Gasteiger partial charge in [-0.05, 0) is 42.2 Å². The van der Waals surface area contributed by atoms with Gasteiger partial charge in [0.2, 0.25) is 0 Å². The Kier molecular flexibility index (Phi) is 3.51. The van der Waals surface area contributed by atoms with Gasteiger partial charge in [0.25, 0.3) is 0 Å². The first-order chi connectivity index (χ1) is 11.3. The first kappa shape index (κ1) is 14.2. The van der Waals surface area contributed by atoms with Crippen molar-refractivity contribution in [3.05, 3.63) is 83.9 Å². The molecule has 1 heterocycles. The van der Waals surface area contributed by atoms with Crippen molar-refractivity contribution < 1.29 is 0 Å². The third kappa shape index (κ3) is 2.38. The molecule has 1 heteroatoms. The van der Waals surface area contributed by atoms with Gasteiger partial charge >= 0.3 is 0 Å². The zero-order chi connectivity index (χ0) is 15.8. The third-order valence-electron chi connectivity index (χ3n) is 4.40. The van der Waals surface area contributed by atoms with E-state index in [0.717, 1.165) is 0 Å². The molecule has 0 aliphatic heterocycles. The van der Waals surface area contributed by atoms with E-state index >= 15 is 0 Å². The Balaban J connectivity index is 2.12. The van der Waals surface area contributed by atoms with E-state index in [1.165, 1.54) is 42.8 Å². The van der Waals surface area contributed by atoms with Crippen LogP contribution in [0.5, 0.6) is 0 Å². The van der Waals surface area contributed by atoms with E-state index in [1.54, 1.807) is 0 Å². The molecule has 0 aliphatic carbocycles. The number of rotatable bonds is 2. The largest absolute Gasteiger partial charge is 0.135 e. The van der Waals surface area contributed by atoms with Crippen LogP contribution in [-0.4, -0.2) is 0 Å². The van der Waals surface area contributed by atoms with E-state index in [2.05, 4.69) is 86.6 Å². The molecule has 0 saturated carbocycles. The highest BCUT2D eigenvalue weighted by Crippen LogP contribution is 2.46. The molecule has 1 aromatic heterocycles. The van der Waals surface area contributed by atoms with Crippen molar-refractivity contribution in [2.45, 2.75) is 13.8 Å². The smallest absolute Gasteiger partial charge is 0.0436 e. The Labute approximate surface area is 141 Å². The predicted octanol–water partition coefficient (Wildman–Crippen LogP) is 6.85. The standard InChI is InChI=1S/C22H18S/c1-15-9-3-5-11-17(15)21-19-13-7-8-14-20(19)23-22(21)18-12-6-4-10-16(18)2/h3-14H,1-2H3. The molecule has 4 aromatic rings. The second-order valence-electron chi connectivity index (χ2n) is 5.93. The van der Waals surface area contributed by atoms with Gasteiger partial charge in [0.1, 0.15) is 0 Å². The van der Waals surface area contributed by atoms with Gasteiger partial charge in [-0.15, -0.1) is 11.3 Å². The maximum Gasteiger partial charge on any atom is 0.0436 e. The van der Waals surface area contributed by atoms with Gasteiger partial charge in [-0.1, -0.05) is 66.7 Å². The lowest BCUT2D eigenvalue weighted by molar-refractivity contribution is 1.46. The Morgan fingerprint density at radius 2 is 1.17 bits per heavy atom. The van der Waals surface area contributed by atoms with Crippen molar-refractivity contribution >= 4 is 21.4 Å². The lowest BCUT2D eigenvalue weighted by atomic mass is 9.94. The molecular weight excluding hydrogens is 296 g/mol. The molecule has 0 radical (unpaired) electrons. The molecule has 0 saturated heterocycles. The molecular formula is C22H18S. The minimum atomic E-state index is 1.32. The fourth-order valence-corrected chi connectivity index (χ4v) is 4.49. The Morgan fingerprint density at radius 1 is 0.609 bits per heavy atom. The summed E-state index contributed by atoms with van der Waals surface area (Å²) >= 11 is 1.89. The van der Waals surface area contributed by atoms with Crippen LogP contribution in [0, 0.1) is 13.8 Å². The van der Waals surface area contributed by atoms with Gasteiger partial charge in [-0.25, -0.2) is 0 Å². The van der Waals surface area contributed by atoms with Gasteiger partial charge < -0.3 is 0 Å². The maximum atomic E-state index is 2.25. The van der Waals surface area contributed by atoms with Crippen molar-refractivity contribution in [2.24, 2.45) is 0 Å². The van der Waals surface area contributed by atoms with E-state index in [9.17, 15) is 0 Å². The summed E-state index contributed by atoms with van der Waals surface area (Å²) in [6.07, 6.45) is 0. The second kappa shape index (κ2) is 5.68. The number of fused-ring (bicyclic) bond motifs is 1. The van der Waals surface area contributed by atoms with Crippen LogP contribution in [-0.2, 0) is 0 Å². The molecule has 0 aliphatic rings. The van der Waals surface area contributed by atoms with Crippen LogP contribution >= 0.6 is 11.3 Å². The summed E-state index contributed by atoms with van der Waals surface area (Å²) < 4.78 is 1.35. The normalized spacial score (nSPS) is 11.0. The summed E-state index contributed by atoms with van der Waals surface area (Å²) in [7, 11) is 0. The molecule has 0 amide bonds. The summed E-state index contributed by atoms with van der Waals surface area (Å²) in [5.41, 5.74) is 6.70. The van der Waals surface area contributed by atoms with Crippen molar-refractivity contribution in [3.63, 3.8) is 0 Å². The quantitative estimate of drug-likeness (QED) is 0.379. The fraction of sp³-hybridized carbons (Fsp3) is 0.0909. The maximum absolute atomic E-state index is 2.25. The van der Waals surface area contributed by atoms with Crippen molar-refractivity contribution in [3.8, 4) is 21.6 Å². The number of hydrogen-bond acceptors (Lipinski definition) is 1. The van der Waals surface area contributed by atoms with E-state index in [4.69, 9.17) is 0 Å². The summed E-state index contributed by atoms with van der Waals surface area (Å²) in [5, 5.41) is 1.35. The molecule has 4 rings (SSSR count). The SMILES string of the molecule is Cc1ccccc1-c1sc2ccccc2c1-c1ccccc1C. The molecule has 0 spiro atoms. The number of hydrogen-bond donors (Lipinski definition) is 0. The van der Waals surface area contributed by atoms with Gasteiger partial charge in [-0.3, -0.25) is 0 Å². The van der Waals surface area contributed by atoms with Gasteiger partial charge in [0, 0.05) is 20.5 Å². The van der Waals surface area contributed by atoms with E-state index in [0.29, 0.717) is 0 Å². The highest BCUT2D eigenvalue weighted by Gasteiger charge is 2.17. The highest BCUT2D eigenvalue weighted by atomic mass is 32.1. The lowest BCUT2D eigenvalue weighted by Crippen LogP contribution is -1.86. The molecule has 0 nitrogen and oxygen atoms in total. The minimum Gasteiger partial charge on any atom is -0.135 e. The van der Waals surface area contributed by atoms with Crippen LogP contribution in [0.2, 0.25) is 0 Å². The zero-order valence-electron chi connectivity index (χ0n) is 13.3. The van der Waals surface area contributed by atoms with Crippen LogP contribution in [0.25, 0.3) is 31.7 Å². The Morgan fingerprint density at radius 3 is 1.87 bits per heavy atom. The number of aryl methyl sites for hydroxylation is 2. The van der Waals surface area contributed by atoms with Crippen LogP contribution in [0.3, 0.4) is 0 Å². The molecule has 0 atom stereocenters. The first-order valence-electron chi connectivity index (χ1n) is 7.89. The predicted molar refractivity (Wildman–Crippen MR) is 102 cm³/mol. The fourth-order valence-electron chi connectivity index (χ4n) is 3.18. The zero-order valence-corrected chi connectivity index (χ0v) is 14.2. The molecule has 112 valence electrons. The topological polar surface area (TPSA) is 0 Å². The van der Waals surface area contributed by atoms with Crippen molar-refractivity contribution in [2.75, 3.05) is 0 Å². The monoisotopic (exact) mass is 314 g/mol. The molecule has 0 fully saturated rings. The number of benzene rings is 3. The highest BCUT2D eigenvalue weighted by molar-refractivity contribution is 7.23. The minimum absolute atomic E-state index is 1.32.